The third kappa shape index (κ3) is 1.82. The topological polar surface area (TPSA) is 50.8 Å². The standard InChI is InChI=1S/C14H13N3O/c1-2-18-12-8-5-7-10-13(12)17-14(16-10)11-6-3-4-9-15-11/h3-9H,2H2,1H3,(H,16,17). The predicted molar refractivity (Wildman–Crippen MR) is 70.5 cm³/mol. The lowest BCUT2D eigenvalue weighted by molar-refractivity contribution is 0.344. The normalized spacial score (nSPS) is 10.7. The van der Waals surface area contributed by atoms with Gasteiger partial charge in [0.25, 0.3) is 0 Å². The van der Waals surface area contributed by atoms with Crippen LogP contribution in [0.3, 0.4) is 0 Å². The van der Waals surface area contributed by atoms with Gasteiger partial charge in [0.2, 0.25) is 0 Å². The Morgan fingerprint density at radius 3 is 2.89 bits per heavy atom. The molecule has 0 spiro atoms. The molecule has 4 heteroatoms. The molecular weight excluding hydrogens is 226 g/mol. The van der Waals surface area contributed by atoms with Crippen LogP contribution in [0, 0.1) is 0 Å². The fraction of sp³-hybridized carbons (Fsp3) is 0.143. The van der Waals surface area contributed by atoms with Crippen molar-refractivity contribution in [2.45, 2.75) is 6.92 Å². The summed E-state index contributed by atoms with van der Waals surface area (Å²) in [5.74, 6) is 1.56. The lowest BCUT2D eigenvalue weighted by Crippen LogP contribution is -1.91. The third-order valence-corrected chi connectivity index (χ3v) is 2.68. The van der Waals surface area contributed by atoms with E-state index in [-0.39, 0.29) is 0 Å². The van der Waals surface area contributed by atoms with Gasteiger partial charge in [-0.05, 0) is 31.2 Å². The first-order valence-corrected chi connectivity index (χ1v) is 5.91. The average Bonchev–Trinajstić information content (AvgIpc) is 2.85. The maximum Gasteiger partial charge on any atom is 0.157 e. The molecule has 0 bridgehead atoms. The second-order valence-corrected chi connectivity index (χ2v) is 3.89. The first-order valence-electron chi connectivity index (χ1n) is 5.91. The summed E-state index contributed by atoms with van der Waals surface area (Å²) >= 11 is 0. The molecule has 4 nitrogen and oxygen atoms in total. The summed E-state index contributed by atoms with van der Waals surface area (Å²) < 4.78 is 5.57. The van der Waals surface area contributed by atoms with Gasteiger partial charge in [-0.3, -0.25) is 4.98 Å². The van der Waals surface area contributed by atoms with Crippen LogP contribution in [0.15, 0.2) is 42.6 Å². The van der Waals surface area contributed by atoms with E-state index in [1.165, 1.54) is 0 Å². The number of H-pyrrole nitrogens is 1. The second kappa shape index (κ2) is 4.49. The second-order valence-electron chi connectivity index (χ2n) is 3.89. The van der Waals surface area contributed by atoms with Gasteiger partial charge in [0, 0.05) is 6.20 Å². The smallest absolute Gasteiger partial charge is 0.157 e. The predicted octanol–water partition coefficient (Wildman–Crippen LogP) is 3.02. The number of hydrogen-bond acceptors (Lipinski definition) is 3. The third-order valence-electron chi connectivity index (χ3n) is 2.68. The van der Waals surface area contributed by atoms with Gasteiger partial charge in [-0.1, -0.05) is 12.1 Å². The fourth-order valence-corrected chi connectivity index (χ4v) is 1.90. The number of aromatic amines is 1. The molecule has 3 rings (SSSR count). The van der Waals surface area contributed by atoms with Crippen LogP contribution in [0.25, 0.3) is 22.6 Å². The van der Waals surface area contributed by atoms with Crippen molar-refractivity contribution in [3.63, 3.8) is 0 Å². The van der Waals surface area contributed by atoms with Crippen LogP contribution in [-0.2, 0) is 0 Å². The Kier molecular flexibility index (Phi) is 2.68. The van der Waals surface area contributed by atoms with E-state index in [4.69, 9.17) is 4.74 Å². The molecular formula is C14H13N3O. The first kappa shape index (κ1) is 10.8. The van der Waals surface area contributed by atoms with Crippen molar-refractivity contribution in [3.05, 3.63) is 42.6 Å². The largest absolute Gasteiger partial charge is 0.492 e. The molecule has 1 aromatic carbocycles. The Balaban J connectivity index is 2.14. The van der Waals surface area contributed by atoms with E-state index in [2.05, 4.69) is 15.0 Å². The highest BCUT2D eigenvalue weighted by atomic mass is 16.5. The molecule has 1 N–H and O–H groups in total. The summed E-state index contributed by atoms with van der Waals surface area (Å²) in [5, 5.41) is 0. The van der Waals surface area contributed by atoms with Gasteiger partial charge in [0.05, 0.1) is 12.1 Å². The molecule has 90 valence electrons. The van der Waals surface area contributed by atoms with Crippen LogP contribution < -0.4 is 4.74 Å². The average molecular weight is 239 g/mol. The SMILES string of the molecule is CCOc1cccc2[nH]c(-c3ccccn3)nc12. The van der Waals surface area contributed by atoms with Gasteiger partial charge in [0.15, 0.2) is 5.82 Å². The van der Waals surface area contributed by atoms with Crippen LogP contribution in [0.1, 0.15) is 6.92 Å². The number of hydrogen-bond donors (Lipinski definition) is 1. The molecule has 0 unspecified atom stereocenters. The van der Waals surface area contributed by atoms with Crippen molar-refractivity contribution < 1.29 is 4.74 Å². The molecule has 0 aliphatic carbocycles. The highest BCUT2D eigenvalue weighted by molar-refractivity contribution is 5.84. The minimum absolute atomic E-state index is 0.630. The van der Waals surface area contributed by atoms with E-state index in [0.717, 1.165) is 28.3 Å². The number of pyridine rings is 1. The quantitative estimate of drug-likeness (QED) is 0.764. The van der Waals surface area contributed by atoms with Gasteiger partial charge in [-0.25, -0.2) is 4.98 Å². The number of rotatable bonds is 3. The van der Waals surface area contributed by atoms with Crippen molar-refractivity contribution in [1.82, 2.24) is 15.0 Å². The number of imidazole rings is 1. The van der Waals surface area contributed by atoms with Gasteiger partial charge in [-0.15, -0.1) is 0 Å². The van der Waals surface area contributed by atoms with Crippen molar-refractivity contribution in [3.8, 4) is 17.3 Å². The van der Waals surface area contributed by atoms with Crippen molar-refractivity contribution in [2.24, 2.45) is 0 Å². The van der Waals surface area contributed by atoms with Crippen LogP contribution in [-0.4, -0.2) is 21.6 Å². The molecule has 0 amide bonds. The zero-order valence-corrected chi connectivity index (χ0v) is 10.1. The lowest BCUT2D eigenvalue weighted by Gasteiger charge is -2.01. The molecule has 3 aromatic rings. The molecule has 2 heterocycles. The van der Waals surface area contributed by atoms with Gasteiger partial charge < -0.3 is 9.72 Å². The summed E-state index contributed by atoms with van der Waals surface area (Å²) in [6.45, 7) is 2.59. The van der Waals surface area contributed by atoms with Crippen molar-refractivity contribution >= 4 is 11.0 Å². The van der Waals surface area contributed by atoms with Crippen LogP contribution in [0.2, 0.25) is 0 Å². The minimum Gasteiger partial charge on any atom is -0.492 e. The number of ether oxygens (including phenoxy) is 1. The van der Waals surface area contributed by atoms with Crippen LogP contribution >= 0.6 is 0 Å². The minimum atomic E-state index is 0.630. The Labute approximate surface area is 105 Å². The van der Waals surface area contributed by atoms with Gasteiger partial charge in [0.1, 0.15) is 17.0 Å². The fourth-order valence-electron chi connectivity index (χ4n) is 1.90. The van der Waals surface area contributed by atoms with E-state index in [1.54, 1.807) is 6.20 Å². The summed E-state index contributed by atoms with van der Waals surface area (Å²) in [6.07, 6.45) is 1.76. The van der Waals surface area contributed by atoms with Crippen molar-refractivity contribution in [1.29, 1.82) is 0 Å². The zero-order valence-electron chi connectivity index (χ0n) is 10.1. The maximum absolute atomic E-state index is 5.57. The molecule has 0 atom stereocenters. The molecule has 2 aromatic heterocycles. The van der Waals surface area contributed by atoms with Crippen LogP contribution in [0.5, 0.6) is 5.75 Å². The highest BCUT2D eigenvalue weighted by Crippen LogP contribution is 2.26. The molecule has 0 saturated carbocycles. The van der Waals surface area contributed by atoms with E-state index >= 15 is 0 Å². The van der Waals surface area contributed by atoms with E-state index in [9.17, 15) is 0 Å². The Bertz CT molecular complexity index is 661. The maximum atomic E-state index is 5.57. The number of benzene rings is 1. The highest BCUT2D eigenvalue weighted by Gasteiger charge is 2.09. The molecule has 0 fully saturated rings. The van der Waals surface area contributed by atoms with Gasteiger partial charge >= 0.3 is 0 Å². The molecule has 0 aliphatic heterocycles. The first-order chi connectivity index (χ1) is 8.88. The summed E-state index contributed by atoms with van der Waals surface area (Å²) in [6, 6.07) is 11.6. The van der Waals surface area contributed by atoms with E-state index < -0.39 is 0 Å². The van der Waals surface area contributed by atoms with Gasteiger partial charge in [-0.2, -0.15) is 0 Å². The number of nitrogens with zero attached hydrogens (tertiary/aromatic N) is 2. The Morgan fingerprint density at radius 2 is 2.11 bits per heavy atom. The Hall–Kier alpha value is -2.36. The number of aromatic nitrogens is 3. The summed E-state index contributed by atoms with van der Waals surface area (Å²) in [7, 11) is 0. The Morgan fingerprint density at radius 1 is 1.17 bits per heavy atom. The monoisotopic (exact) mass is 239 g/mol. The summed E-state index contributed by atoms with van der Waals surface area (Å²) in [5.41, 5.74) is 2.64. The lowest BCUT2D eigenvalue weighted by atomic mass is 10.3. The number of nitrogens with one attached hydrogen (secondary N) is 1. The molecule has 0 aliphatic rings. The van der Waals surface area contributed by atoms with Crippen LogP contribution in [0.4, 0.5) is 0 Å². The van der Waals surface area contributed by atoms with Crippen molar-refractivity contribution in [2.75, 3.05) is 6.61 Å². The molecule has 18 heavy (non-hydrogen) atoms. The number of para-hydroxylation sites is 1. The zero-order chi connectivity index (χ0) is 12.4. The summed E-state index contributed by atoms with van der Waals surface area (Å²) in [4.78, 5) is 12.1. The van der Waals surface area contributed by atoms with E-state index in [0.29, 0.717) is 6.61 Å². The molecule has 0 saturated heterocycles. The number of fused-ring (bicyclic) bond motifs is 1. The van der Waals surface area contributed by atoms with E-state index in [1.807, 2.05) is 43.3 Å². The molecule has 0 radical (unpaired) electrons.